The normalized spacial score (nSPS) is 12.1. The number of rotatable bonds is 6. The number of benzene rings is 2. The maximum Gasteiger partial charge on any atom is 0.310 e. The fraction of sp³-hybridized carbons (Fsp3) is 0.190. The van der Waals surface area contributed by atoms with Crippen molar-refractivity contribution in [1.29, 1.82) is 0 Å². The summed E-state index contributed by atoms with van der Waals surface area (Å²) in [4.78, 5) is 23.3. The Bertz CT molecular complexity index is 1120. The standard InChI is InChI=1S/C21H18N2O6/c1-13-9-16(18(24)11-27-19-6-4-3-5-17(19)23(25)26)14(2)22(13)15-7-8-20-21(10-15)29-12-28-20/h3-10H,11-12H2,1-2H3. The summed E-state index contributed by atoms with van der Waals surface area (Å²) < 4.78 is 18.2. The highest BCUT2D eigenvalue weighted by Gasteiger charge is 2.21. The molecule has 0 amide bonds. The number of carbonyl (C=O) groups is 1. The summed E-state index contributed by atoms with van der Waals surface area (Å²) in [5, 5.41) is 11.1. The van der Waals surface area contributed by atoms with Crippen LogP contribution >= 0.6 is 0 Å². The highest BCUT2D eigenvalue weighted by Crippen LogP contribution is 2.35. The van der Waals surface area contributed by atoms with Gasteiger partial charge in [0.25, 0.3) is 0 Å². The van der Waals surface area contributed by atoms with Crippen LogP contribution in [0.15, 0.2) is 48.5 Å². The Morgan fingerprint density at radius 2 is 1.90 bits per heavy atom. The molecule has 4 rings (SSSR count). The second kappa shape index (κ2) is 7.31. The number of carbonyl (C=O) groups excluding carboxylic acids is 1. The van der Waals surface area contributed by atoms with Crippen molar-refractivity contribution in [3.63, 3.8) is 0 Å². The topological polar surface area (TPSA) is 92.8 Å². The van der Waals surface area contributed by atoms with Crippen molar-refractivity contribution in [3.05, 3.63) is 75.6 Å². The van der Waals surface area contributed by atoms with Crippen LogP contribution in [-0.4, -0.2) is 28.7 Å². The molecule has 3 aromatic rings. The molecule has 0 radical (unpaired) electrons. The SMILES string of the molecule is Cc1cc(C(=O)COc2ccccc2[N+](=O)[O-])c(C)n1-c1ccc2c(c1)OCO2. The van der Waals surface area contributed by atoms with Crippen LogP contribution in [0.5, 0.6) is 17.2 Å². The van der Waals surface area contributed by atoms with Crippen LogP contribution in [0, 0.1) is 24.0 Å². The molecule has 1 aliphatic heterocycles. The number of aryl methyl sites for hydroxylation is 1. The van der Waals surface area contributed by atoms with Crippen LogP contribution in [0.1, 0.15) is 21.7 Å². The lowest BCUT2D eigenvalue weighted by Gasteiger charge is -2.11. The van der Waals surface area contributed by atoms with Gasteiger partial charge in [0.15, 0.2) is 23.9 Å². The first-order valence-corrected chi connectivity index (χ1v) is 8.94. The van der Waals surface area contributed by atoms with Gasteiger partial charge in [-0.05, 0) is 38.1 Å². The first kappa shape index (κ1) is 18.5. The number of fused-ring (bicyclic) bond motifs is 1. The third-order valence-corrected chi connectivity index (χ3v) is 4.77. The van der Waals surface area contributed by atoms with Crippen LogP contribution in [0.3, 0.4) is 0 Å². The van der Waals surface area contributed by atoms with Gasteiger partial charge in [-0.25, -0.2) is 0 Å². The van der Waals surface area contributed by atoms with Gasteiger partial charge in [0.2, 0.25) is 12.6 Å². The van der Waals surface area contributed by atoms with Gasteiger partial charge in [-0.2, -0.15) is 0 Å². The van der Waals surface area contributed by atoms with Crippen molar-refractivity contribution in [2.75, 3.05) is 13.4 Å². The first-order valence-electron chi connectivity index (χ1n) is 8.94. The smallest absolute Gasteiger partial charge is 0.310 e. The number of hydrogen-bond acceptors (Lipinski definition) is 6. The maximum absolute atomic E-state index is 12.8. The minimum absolute atomic E-state index is 0.0652. The lowest BCUT2D eigenvalue weighted by Crippen LogP contribution is -2.13. The van der Waals surface area contributed by atoms with Gasteiger partial charge in [0.1, 0.15) is 0 Å². The molecule has 148 valence electrons. The second-order valence-electron chi connectivity index (χ2n) is 6.59. The summed E-state index contributed by atoms with van der Waals surface area (Å²) in [6.07, 6.45) is 0. The van der Waals surface area contributed by atoms with Gasteiger partial charge >= 0.3 is 5.69 Å². The molecule has 0 spiro atoms. The number of nitro groups is 1. The van der Waals surface area contributed by atoms with Gasteiger partial charge in [-0.3, -0.25) is 14.9 Å². The Balaban J connectivity index is 1.58. The molecule has 0 unspecified atom stereocenters. The van der Waals surface area contributed by atoms with Crippen LogP contribution in [0.2, 0.25) is 0 Å². The molecule has 2 heterocycles. The number of nitro benzene ring substituents is 1. The fourth-order valence-electron chi connectivity index (χ4n) is 3.42. The van der Waals surface area contributed by atoms with E-state index in [0.29, 0.717) is 17.1 Å². The molecule has 8 heteroatoms. The zero-order chi connectivity index (χ0) is 20.5. The van der Waals surface area contributed by atoms with Crippen LogP contribution in [0.4, 0.5) is 5.69 Å². The molecule has 1 aliphatic rings. The average molecular weight is 394 g/mol. The molecule has 2 aromatic carbocycles. The molecule has 29 heavy (non-hydrogen) atoms. The number of ketones is 1. The lowest BCUT2D eigenvalue weighted by atomic mass is 10.1. The van der Waals surface area contributed by atoms with Crippen LogP contribution in [-0.2, 0) is 0 Å². The molecule has 1 aromatic heterocycles. The van der Waals surface area contributed by atoms with Crippen molar-refractivity contribution < 1.29 is 23.9 Å². The summed E-state index contributed by atoms with van der Waals surface area (Å²) in [5.74, 6) is 1.15. The number of para-hydroxylation sites is 2. The minimum atomic E-state index is -0.536. The van der Waals surface area contributed by atoms with E-state index in [1.165, 1.54) is 12.1 Å². The van der Waals surface area contributed by atoms with Gasteiger partial charge < -0.3 is 18.8 Å². The van der Waals surface area contributed by atoms with E-state index in [0.717, 1.165) is 17.1 Å². The molecule has 0 atom stereocenters. The first-order chi connectivity index (χ1) is 14.0. The van der Waals surface area contributed by atoms with E-state index in [1.807, 2.05) is 36.6 Å². The molecular weight excluding hydrogens is 376 g/mol. The third-order valence-electron chi connectivity index (χ3n) is 4.77. The summed E-state index contributed by atoms with van der Waals surface area (Å²) in [6.45, 7) is 3.64. The Hall–Kier alpha value is -3.81. The van der Waals surface area contributed by atoms with Crippen LogP contribution in [0.25, 0.3) is 5.69 Å². The molecule has 0 bridgehead atoms. The quantitative estimate of drug-likeness (QED) is 0.357. The number of hydrogen-bond donors (Lipinski definition) is 0. The molecule has 8 nitrogen and oxygen atoms in total. The minimum Gasteiger partial charge on any atom is -0.478 e. The molecule has 0 aliphatic carbocycles. The molecule has 0 N–H and O–H groups in total. The highest BCUT2D eigenvalue weighted by atomic mass is 16.7. The third kappa shape index (κ3) is 3.40. The average Bonchev–Trinajstić information content (AvgIpc) is 3.29. The van der Waals surface area contributed by atoms with Gasteiger partial charge in [0.05, 0.1) is 4.92 Å². The summed E-state index contributed by atoms with van der Waals surface area (Å²) in [6, 6.07) is 13.4. The molecule has 0 saturated heterocycles. The van der Waals surface area contributed by atoms with E-state index in [4.69, 9.17) is 14.2 Å². The number of ether oxygens (including phenoxy) is 3. The zero-order valence-corrected chi connectivity index (χ0v) is 15.9. The monoisotopic (exact) mass is 394 g/mol. The zero-order valence-electron chi connectivity index (χ0n) is 15.9. The maximum atomic E-state index is 12.8. The van der Waals surface area contributed by atoms with E-state index in [9.17, 15) is 14.9 Å². The highest BCUT2D eigenvalue weighted by molar-refractivity contribution is 5.98. The Labute approximate surface area is 166 Å². The van der Waals surface area contributed by atoms with E-state index in [2.05, 4.69) is 0 Å². The lowest BCUT2D eigenvalue weighted by molar-refractivity contribution is -0.385. The van der Waals surface area contributed by atoms with E-state index in [-0.39, 0.29) is 30.6 Å². The van der Waals surface area contributed by atoms with Crippen molar-refractivity contribution in [2.24, 2.45) is 0 Å². The molecular formula is C21H18N2O6. The van der Waals surface area contributed by atoms with Gasteiger partial charge in [-0.1, -0.05) is 12.1 Å². The van der Waals surface area contributed by atoms with Crippen LogP contribution < -0.4 is 14.2 Å². The Morgan fingerprint density at radius 1 is 1.14 bits per heavy atom. The largest absolute Gasteiger partial charge is 0.478 e. The van der Waals surface area contributed by atoms with Gasteiger partial charge in [-0.15, -0.1) is 0 Å². The van der Waals surface area contributed by atoms with E-state index in [1.54, 1.807) is 18.2 Å². The fourth-order valence-corrected chi connectivity index (χ4v) is 3.42. The van der Waals surface area contributed by atoms with Crippen molar-refractivity contribution in [3.8, 4) is 22.9 Å². The van der Waals surface area contributed by atoms with Gasteiger partial charge in [0, 0.05) is 34.8 Å². The number of aromatic nitrogens is 1. The summed E-state index contributed by atoms with van der Waals surface area (Å²) in [7, 11) is 0. The number of nitrogens with zero attached hydrogens (tertiary/aromatic N) is 2. The Kier molecular flexibility index (Phi) is 4.67. The van der Waals surface area contributed by atoms with E-state index < -0.39 is 4.92 Å². The van der Waals surface area contributed by atoms with Crippen molar-refractivity contribution in [2.45, 2.75) is 13.8 Å². The van der Waals surface area contributed by atoms with Crippen molar-refractivity contribution in [1.82, 2.24) is 4.57 Å². The predicted octanol–water partition coefficient (Wildman–Crippen LogP) is 3.99. The summed E-state index contributed by atoms with van der Waals surface area (Å²) >= 11 is 0. The van der Waals surface area contributed by atoms with Crippen molar-refractivity contribution >= 4 is 11.5 Å². The molecule has 0 fully saturated rings. The number of Topliss-reactive ketones (excluding diaryl/α,β-unsaturated/α-hetero) is 1. The second-order valence-corrected chi connectivity index (χ2v) is 6.59. The summed E-state index contributed by atoms with van der Waals surface area (Å²) in [5.41, 5.74) is 2.79. The Morgan fingerprint density at radius 3 is 2.69 bits per heavy atom. The van der Waals surface area contributed by atoms with E-state index >= 15 is 0 Å². The predicted molar refractivity (Wildman–Crippen MR) is 104 cm³/mol. The molecule has 0 saturated carbocycles.